The summed E-state index contributed by atoms with van der Waals surface area (Å²) in [6.07, 6.45) is 5.27. The van der Waals surface area contributed by atoms with Gasteiger partial charge in [0.25, 0.3) is 0 Å². The number of nitrogens with zero attached hydrogens (tertiary/aromatic N) is 3. The number of H-pyrrole nitrogens is 1. The second-order valence-corrected chi connectivity index (χ2v) is 5.93. The molecule has 1 aliphatic carbocycles. The first-order chi connectivity index (χ1) is 9.11. The van der Waals surface area contributed by atoms with Gasteiger partial charge in [-0.2, -0.15) is 15.1 Å². The summed E-state index contributed by atoms with van der Waals surface area (Å²) < 4.78 is 6.05. The maximum absolute atomic E-state index is 6.05. The maximum atomic E-state index is 6.05. The normalized spacial score (nSPS) is 27.6. The molecule has 6 heteroatoms. The highest BCUT2D eigenvalue weighted by Gasteiger charge is 2.26. The molecule has 0 aromatic carbocycles. The standard InChI is InChI=1S/C13H17ClN4O/c1-7-3-8(2)5-9(4-7)19-12-10-6-15-18-11(10)16-13(14)17-12/h6-9H,3-5H2,1-2H3,(H,15,16,17,18). The van der Waals surface area contributed by atoms with Crippen molar-refractivity contribution in [1.82, 2.24) is 20.2 Å². The van der Waals surface area contributed by atoms with Crippen LogP contribution in [-0.2, 0) is 0 Å². The van der Waals surface area contributed by atoms with Crippen molar-refractivity contribution in [2.75, 3.05) is 0 Å². The van der Waals surface area contributed by atoms with E-state index in [-0.39, 0.29) is 11.4 Å². The molecule has 2 aromatic rings. The van der Waals surface area contributed by atoms with Gasteiger partial charge in [-0.05, 0) is 42.7 Å². The fraction of sp³-hybridized carbons (Fsp3) is 0.615. The number of halogens is 1. The van der Waals surface area contributed by atoms with E-state index in [9.17, 15) is 0 Å². The highest BCUT2D eigenvalue weighted by Crippen LogP contribution is 2.32. The van der Waals surface area contributed by atoms with Gasteiger partial charge in [-0.1, -0.05) is 13.8 Å². The molecule has 1 N–H and O–H groups in total. The van der Waals surface area contributed by atoms with Crippen LogP contribution in [0.1, 0.15) is 33.1 Å². The largest absolute Gasteiger partial charge is 0.474 e. The number of fused-ring (bicyclic) bond motifs is 1. The molecule has 102 valence electrons. The van der Waals surface area contributed by atoms with Crippen LogP contribution in [0.5, 0.6) is 5.88 Å². The molecule has 0 aliphatic heterocycles. The number of hydrogen-bond donors (Lipinski definition) is 1. The van der Waals surface area contributed by atoms with E-state index in [1.165, 1.54) is 6.42 Å². The SMILES string of the molecule is CC1CC(C)CC(Oc2nc(Cl)nc3[nH]ncc23)C1. The summed E-state index contributed by atoms with van der Waals surface area (Å²) in [6, 6.07) is 0. The molecule has 19 heavy (non-hydrogen) atoms. The van der Waals surface area contributed by atoms with Crippen LogP contribution in [0.3, 0.4) is 0 Å². The predicted octanol–water partition coefficient (Wildman–Crippen LogP) is 3.21. The van der Waals surface area contributed by atoms with Gasteiger partial charge in [0, 0.05) is 0 Å². The number of nitrogens with one attached hydrogen (secondary N) is 1. The van der Waals surface area contributed by atoms with Crippen molar-refractivity contribution in [3.63, 3.8) is 0 Å². The number of ether oxygens (including phenoxy) is 1. The minimum Gasteiger partial charge on any atom is -0.474 e. The summed E-state index contributed by atoms with van der Waals surface area (Å²) in [5.74, 6) is 1.91. The summed E-state index contributed by atoms with van der Waals surface area (Å²) in [6.45, 7) is 4.54. The Morgan fingerprint density at radius 3 is 2.68 bits per heavy atom. The molecule has 2 aromatic heterocycles. The molecule has 0 spiro atoms. The molecule has 0 amide bonds. The Bertz CT molecular complexity index is 575. The lowest BCUT2D eigenvalue weighted by atomic mass is 9.82. The van der Waals surface area contributed by atoms with E-state index in [4.69, 9.17) is 16.3 Å². The fourth-order valence-corrected chi connectivity index (χ4v) is 3.16. The van der Waals surface area contributed by atoms with E-state index in [0.29, 0.717) is 23.4 Å². The Morgan fingerprint density at radius 2 is 1.95 bits per heavy atom. The Hall–Kier alpha value is -1.36. The Kier molecular flexibility index (Phi) is 3.31. The number of aromatic amines is 1. The Balaban J connectivity index is 1.86. The highest BCUT2D eigenvalue weighted by molar-refractivity contribution is 6.28. The Morgan fingerprint density at radius 1 is 1.21 bits per heavy atom. The first kappa shape index (κ1) is 12.7. The molecule has 5 nitrogen and oxygen atoms in total. The fourth-order valence-electron chi connectivity index (χ4n) is 3.00. The minimum absolute atomic E-state index is 0.184. The Labute approximate surface area is 116 Å². The summed E-state index contributed by atoms with van der Waals surface area (Å²) in [5.41, 5.74) is 0.618. The smallest absolute Gasteiger partial charge is 0.229 e. The van der Waals surface area contributed by atoms with Crippen LogP contribution in [-0.4, -0.2) is 26.3 Å². The van der Waals surface area contributed by atoms with Crippen molar-refractivity contribution in [3.8, 4) is 5.88 Å². The molecule has 3 rings (SSSR count). The monoisotopic (exact) mass is 280 g/mol. The van der Waals surface area contributed by atoms with Gasteiger partial charge in [0.05, 0.1) is 6.20 Å². The van der Waals surface area contributed by atoms with E-state index in [2.05, 4.69) is 34.0 Å². The molecule has 1 aliphatic rings. The van der Waals surface area contributed by atoms with Gasteiger partial charge >= 0.3 is 0 Å². The van der Waals surface area contributed by atoms with Crippen LogP contribution in [0.15, 0.2) is 6.20 Å². The molecule has 0 radical (unpaired) electrons. The topological polar surface area (TPSA) is 63.7 Å². The van der Waals surface area contributed by atoms with Gasteiger partial charge in [-0.3, -0.25) is 5.10 Å². The summed E-state index contributed by atoms with van der Waals surface area (Å²) in [4.78, 5) is 8.27. The molecule has 1 saturated carbocycles. The molecule has 2 heterocycles. The van der Waals surface area contributed by atoms with Crippen molar-refractivity contribution in [2.45, 2.75) is 39.2 Å². The lowest BCUT2D eigenvalue weighted by Crippen LogP contribution is -2.28. The van der Waals surface area contributed by atoms with Gasteiger partial charge in [0.1, 0.15) is 11.5 Å². The second kappa shape index (κ2) is 4.96. The van der Waals surface area contributed by atoms with Crippen LogP contribution in [0.4, 0.5) is 0 Å². The molecule has 1 fully saturated rings. The van der Waals surface area contributed by atoms with Gasteiger partial charge in [0.2, 0.25) is 11.2 Å². The van der Waals surface area contributed by atoms with E-state index in [1.54, 1.807) is 6.20 Å². The van der Waals surface area contributed by atoms with Crippen LogP contribution in [0.2, 0.25) is 5.28 Å². The van der Waals surface area contributed by atoms with Crippen molar-refractivity contribution >= 4 is 22.6 Å². The van der Waals surface area contributed by atoms with E-state index < -0.39 is 0 Å². The van der Waals surface area contributed by atoms with Crippen molar-refractivity contribution in [2.24, 2.45) is 11.8 Å². The van der Waals surface area contributed by atoms with E-state index >= 15 is 0 Å². The van der Waals surface area contributed by atoms with Crippen molar-refractivity contribution in [3.05, 3.63) is 11.5 Å². The third-order valence-electron chi connectivity index (χ3n) is 3.66. The van der Waals surface area contributed by atoms with E-state index in [0.717, 1.165) is 18.2 Å². The first-order valence-electron chi connectivity index (χ1n) is 6.65. The zero-order chi connectivity index (χ0) is 13.4. The van der Waals surface area contributed by atoms with Gasteiger partial charge in [-0.15, -0.1) is 0 Å². The van der Waals surface area contributed by atoms with Crippen molar-refractivity contribution in [1.29, 1.82) is 0 Å². The summed E-state index contributed by atoms with van der Waals surface area (Å²) in [7, 11) is 0. The molecule has 2 unspecified atom stereocenters. The molecule has 0 bridgehead atoms. The third kappa shape index (κ3) is 2.66. The zero-order valence-corrected chi connectivity index (χ0v) is 11.8. The van der Waals surface area contributed by atoms with E-state index in [1.807, 2.05) is 0 Å². The third-order valence-corrected chi connectivity index (χ3v) is 3.83. The highest BCUT2D eigenvalue weighted by atomic mass is 35.5. The number of aromatic nitrogens is 4. The molecular weight excluding hydrogens is 264 g/mol. The van der Waals surface area contributed by atoms with Crippen LogP contribution in [0.25, 0.3) is 11.0 Å². The van der Waals surface area contributed by atoms with Gasteiger partial charge < -0.3 is 4.74 Å². The number of rotatable bonds is 2. The average molecular weight is 281 g/mol. The molecular formula is C13H17ClN4O. The van der Waals surface area contributed by atoms with Gasteiger partial charge in [-0.25, -0.2) is 0 Å². The summed E-state index contributed by atoms with van der Waals surface area (Å²) >= 11 is 5.91. The second-order valence-electron chi connectivity index (χ2n) is 5.59. The zero-order valence-electron chi connectivity index (χ0n) is 11.1. The summed E-state index contributed by atoms with van der Waals surface area (Å²) in [5, 5.41) is 7.72. The number of hydrogen-bond acceptors (Lipinski definition) is 4. The average Bonchev–Trinajstić information content (AvgIpc) is 2.75. The molecule has 0 saturated heterocycles. The lowest BCUT2D eigenvalue weighted by molar-refractivity contribution is 0.0982. The van der Waals surface area contributed by atoms with Crippen LogP contribution >= 0.6 is 11.6 Å². The van der Waals surface area contributed by atoms with Crippen LogP contribution < -0.4 is 4.74 Å². The lowest BCUT2D eigenvalue weighted by Gasteiger charge is -2.31. The first-order valence-corrected chi connectivity index (χ1v) is 7.03. The predicted molar refractivity (Wildman–Crippen MR) is 73.3 cm³/mol. The van der Waals surface area contributed by atoms with Crippen LogP contribution in [0, 0.1) is 11.8 Å². The van der Waals surface area contributed by atoms with Crippen molar-refractivity contribution < 1.29 is 4.74 Å². The maximum Gasteiger partial charge on any atom is 0.229 e. The quantitative estimate of drug-likeness (QED) is 0.858. The minimum atomic E-state index is 0.184. The van der Waals surface area contributed by atoms with Gasteiger partial charge in [0.15, 0.2) is 5.65 Å². The molecule has 2 atom stereocenters.